The first kappa shape index (κ1) is 12.7. The Morgan fingerprint density at radius 1 is 1.39 bits per heavy atom. The predicted molar refractivity (Wildman–Crippen MR) is 66.4 cm³/mol. The maximum Gasteiger partial charge on any atom is 0.247 e. The van der Waals surface area contributed by atoms with Crippen molar-refractivity contribution in [2.24, 2.45) is 0 Å². The van der Waals surface area contributed by atoms with E-state index in [1.165, 1.54) is 12.1 Å². The van der Waals surface area contributed by atoms with Crippen molar-refractivity contribution < 1.29 is 8.81 Å². The lowest BCUT2D eigenvalue weighted by Gasteiger charge is -2.07. The summed E-state index contributed by atoms with van der Waals surface area (Å²) in [6.45, 7) is 4.93. The number of halogens is 1. The molecule has 0 saturated heterocycles. The number of hydrogen-bond acceptors (Lipinski definition) is 4. The normalized spacial score (nSPS) is 12.6. The molecule has 2 aromatic rings. The van der Waals surface area contributed by atoms with Crippen molar-refractivity contribution in [2.45, 2.75) is 26.3 Å². The highest BCUT2D eigenvalue weighted by molar-refractivity contribution is 5.52. The summed E-state index contributed by atoms with van der Waals surface area (Å²) < 4.78 is 18.6. The van der Waals surface area contributed by atoms with Gasteiger partial charge in [-0.15, -0.1) is 10.2 Å². The minimum atomic E-state index is -0.315. The van der Waals surface area contributed by atoms with Crippen molar-refractivity contribution in [3.63, 3.8) is 0 Å². The van der Waals surface area contributed by atoms with Gasteiger partial charge in [0.25, 0.3) is 0 Å². The summed E-state index contributed by atoms with van der Waals surface area (Å²) in [6, 6.07) is 6.12. The van der Waals surface area contributed by atoms with Gasteiger partial charge in [-0.25, -0.2) is 4.39 Å². The molecule has 1 aromatic heterocycles. The van der Waals surface area contributed by atoms with E-state index in [4.69, 9.17) is 4.42 Å². The van der Waals surface area contributed by atoms with E-state index in [1.807, 2.05) is 6.92 Å². The van der Waals surface area contributed by atoms with E-state index in [2.05, 4.69) is 22.4 Å². The zero-order chi connectivity index (χ0) is 13.0. The summed E-state index contributed by atoms with van der Waals surface area (Å²) in [7, 11) is 0. The van der Waals surface area contributed by atoms with E-state index in [0.717, 1.165) is 13.0 Å². The molecule has 1 atom stereocenters. The van der Waals surface area contributed by atoms with Crippen LogP contribution in [0.3, 0.4) is 0 Å². The molecule has 0 fully saturated rings. The monoisotopic (exact) mass is 249 g/mol. The Kier molecular flexibility index (Phi) is 4.04. The molecule has 1 heterocycles. The fraction of sp³-hybridized carbons (Fsp3) is 0.385. The van der Waals surface area contributed by atoms with E-state index >= 15 is 0 Å². The molecule has 1 aromatic carbocycles. The highest BCUT2D eigenvalue weighted by atomic mass is 19.1. The van der Waals surface area contributed by atoms with Crippen molar-refractivity contribution in [2.75, 3.05) is 6.54 Å². The number of benzene rings is 1. The number of hydrogen-bond donors (Lipinski definition) is 1. The summed E-state index contributed by atoms with van der Waals surface area (Å²) in [5, 5.41) is 11.2. The Morgan fingerprint density at radius 2 is 2.22 bits per heavy atom. The van der Waals surface area contributed by atoms with Crippen LogP contribution in [0.4, 0.5) is 4.39 Å². The molecule has 4 nitrogen and oxygen atoms in total. The number of rotatable bonds is 5. The second-order valence-electron chi connectivity index (χ2n) is 4.13. The highest BCUT2D eigenvalue weighted by Crippen LogP contribution is 2.21. The third kappa shape index (κ3) is 2.92. The first-order valence-electron chi connectivity index (χ1n) is 6.03. The second-order valence-corrected chi connectivity index (χ2v) is 4.13. The third-order valence-corrected chi connectivity index (χ3v) is 2.58. The van der Waals surface area contributed by atoms with Gasteiger partial charge in [-0.05, 0) is 38.1 Å². The second kappa shape index (κ2) is 5.73. The minimum Gasteiger partial charge on any atom is -0.419 e. The van der Waals surface area contributed by atoms with Crippen LogP contribution in [0.1, 0.15) is 32.2 Å². The molecule has 0 radical (unpaired) electrons. The van der Waals surface area contributed by atoms with Crippen LogP contribution < -0.4 is 5.32 Å². The highest BCUT2D eigenvalue weighted by Gasteiger charge is 2.14. The van der Waals surface area contributed by atoms with E-state index in [-0.39, 0.29) is 11.9 Å². The maximum atomic E-state index is 13.1. The van der Waals surface area contributed by atoms with Gasteiger partial charge in [0.2, 0.25) is 11.8 Å². The van der Waals surface area contributed by atoms with Crippen LogP contribution >= 0.6 is 0 Å². The largest absolute Gasteiger partial charge is 0.419 e. The molecule has 0 aliphatic carbocycles. The molecule has 0 bridgehead atoms. The maximum absolute atomic E-state index is 13.1. The summed E-state index contributed by atoms with van der Waals surface area (Å²) in [5.74, 6) is 0.543. The zero-order valence-electron chi connectivity index (χ0n) is 10.5. The van der Waals surface area contributed by atoms with Crippen LogP contribution in [-0.2, 0) is 0 Å². The molecule has 1 N–H and O–H groups in total. The minimum absolute atomic E-state index is 0.000223. The smallest absolute Gasteiger partial charge is 0.247 e. The zero-order valence-corrected chi connectivity index (χ0v) is 10.5. The molecule has 0 saturated carbocycles. The van der Waals surface area contributed by atoms with Crippen molar-refractivity contribution in [1.82, 2.24) is 15.5 Å². The molecule has 0 spiro atoms. The lowest BCUT2D eigenvalue weighted by Crippen LogP contribution is -2.19. The van der Waals surface area contributed by atoms with Gasteiger partial charge in [0.1, 0.15) is 5.82 Å². The van der Waals surface area contributed by atoms with Crippen LogP contribution in [0.25, 0.3) is 11.5 Å². The van der Waals surface area contributed by atoms with Gasteiger partial charge in [-0.2, -0.15) is 0 Å². The predicted octanol–water partition coefficient (Wildman–Crippen LogP) is 2.94. The Bertz CT molecular complexity index is 512. The van der Waals surface area contributed by atoms with Crippen molar-refractivity contribution in [3.8, 4) is 11.5 Å². The summed E-state index contributed by atoms with van der Waals surface area (Å²) in [6.07, 6.45) is 1.04. The van der Waals surface area contributed by atoms with Crippen LogP contribution in [0.2, 0.25) is 0 Å². The Morgan fingerprint density at radius 3 is 2.94 bits per heavy atom. The Balaban J connectivity index is 2.15. The average Bonchev–Trinajstić information content (AvgIpc) is 2.85. The molecule has 0 aliphatic heterocycles. The molecule has 2 rings (SSSR count). The molecular weight excluding hydrogens is 233 g/mol. The third-order valence-electron chi connectivity index (χ3n) is 2.58. The lowest BCUT2D eigenvalue weighted by atomic mass is 10.2. The fourth-order valence-corrected chi connectivity index (χ4v) is 1.60. The molecule has 0 aliphatic rings. The van der Waals surface area contributed by atoms with Gasteiger partial charge in [-0.1, -0.05) is 13.0 Å². The molecule has 5 heteroatoms. The molecule has 0 amide bonds. The first-order chi connectivity index (χ1) is 8.70. The van der Waals surface area contributed by atoms with Gasteiger partial charge < -0.3 is 9.73 Å². The summed E-state index contributed by atoms with van der Waals surface area (Å²) >= 11 is 0. The van der Waals surface area contributed by atoms with Crippen LogP contribution in [0.5, 0.6) is 0 Å². The Hall–Kier alpha value is -1.75. The van der Waals surface area contributed by atoms with Crippen molar-refractivity contribution >= 4 is 0 Å². The van der Waals surface area contributed by atoms with E-state index in [0.29, 0.717) is 17.3 Å². The van der Waals surface area contributed by atoms with Crippen LogP contribution in [0.15, 0.2) is 28.7 Å². The molecule has 18 heavy (non-hydrogen) atoms. The van der Waals surface area contributed by atoms with Crippen molar-refractivity contribution in [1.29, 1.82) is 0 Å². The van der Waals surface area contributed by atoms with Gasteiger partial charge in [0, 0.05) is 5.56 Å². The molecule has 96 valence electrons. The average molecular weight is 249 g/mol. The standard InChI is InChI=1S/C13H16FN3O/c1-3-7-15-9(2)12-16-17-13(18-12)10-5-4-6-11(14)8-10/h4-6,8-9,15H,3,7H2,1-2H3. The van der Waals surface area contributed by atoms with Crippen LogP contribution in [0, 0.1) is 5.82 Å². The van der Waals surface area contributed by atoms with E-state index < -0.39 is 0 Å². The van der Waals surface area contributed by atoms with E-state index in [9.17, 15) is 4.39 Å². The van der Waals surface area contributed by atoms with Crippen molar-refractivity contribution in [3.05, 3.63) is 36.0 Å². The van der Waals surface area contributed by atoms with Crippen LogP contribution in [-0.4, -0.2) is 16.7 Å². The fourth-order valence-electron chi connectivity index (χ4n) is 1.60. The topological polar surface area (TPSA) is 51.0 Å². The van der Waals surface area contributed by atoms with Gasteiger partial charge >= 0.3 is 0 Å². The summed E-state index contributed by atoms with van der Waals surface area (Å²) in [5.41, 5.74) is 0.594. The van der Waals surface area contributed by atoms with Gasteiger partial charge in [0.15, 0.2) is 0 Å². The number of aromatic nitrogens is 2. The van der Waals surface area contributed by atoms with Gasteiger partial charge in [0.05, 0.1) is 6.04 Å². The summed E-state index contributed by atoms with van der Waals surface area (Å²) in [4.78, 5) is 0. The number of nitrogens with zero attached hydrogens (tertiary/aromatic N) is 2. The molecule has 1 unspecified atom stereocenters. The van der Waals surface area contributed by atoms with Gasteiger partial charge in [-0.3, -0.25) is 0 Å². The first-order valence-corrected chi connectivity index (χ1v) is 6.03. The number of nitrogens with one attached hydrogen (secondary N) is 1. The lowest BCUT2D eigenvalue weighted by molar-refractivity contribution is 0.423. The quantitative estimate of drug-likeness (QED) is 0.885. The van der Waals surface area contributed by atoms with E-state index in [1.54, 1.807) is 12.1 Å². The SMILES string of the molecule is CCCNC(C)c1nnc(-c2cccc(F)c2)o1. The Labute approximate surface area is 105 Å². The molecular formula is C13H16FN3O.